The predicted molar refractivity (Wildman–Crippen MR) is 100 cm³/mol. The Labute approximate surface area is 148 Å². The lowest BCUT2D eigenvalue weighted by Gasteiger charge is -2.27. The number of para-hydroxylation sites is 1. The molecule has 1 saturated heterocycles. The second-order valence-electron chi connectivity index (χ2n) is 6.40. The van der Waals surface area contributed by atoms with Crippen molar-refractivity contribution in [1.29, 1.82) is 0 Å². The number of carbonyl (C=O) groups excluding carboxylic acids is 1. The van der Waals surface area contributed by atoms with Crippen LogP contribution in [0.5, 0.6) is 0 Å². The van der Waals surface area contributed by atoms with E-state index in [-0.39, 0.29) is 11.9 Å². The molecule has 5 heteroatoms. The topological polar surface area (TPSA) is 54.5 Å². The summed E-state index contributed by atoms with van der Waals surface area (Å²) in [4.78, 5) is 18.9. The van der Waals surface area contributed by atoms with Gasteiger partial charge in [0.2, 0.25) is 5.91 Å². The molecule has 132 valence electrons. The molecule has 1 amide bonds. The summed E-state index contributed by atoms with van der Waals surface area (Å²) < 4.78 is 5.35. The minimum Gasteiger partial charge on any atom is -0.379 e. The lowest BCUT2D eigenvalue weighted by molar-refractivity contribution is -0.117. The van der Waals surface area contributed by atoms with Crippen LogP contribution in [0.15, 0.2) is 42.6 Å². The van der Waals surface area contributed by atoms with Crippen molar-refractivity contribution < 1.29 is 9.53 Å². The van der Waals surface area contributed by atoms with E-state index < -0.39 is 0 Å². The summed E-state index contributed by atoms with van der Waals surface area (Å²) in [6, 6.07) is 10.0. The van der Waals surface area contributed by atoms with E-state index in [9.17, 15) is 4.79 Å². The Morgan fingerprint density at radius 1 is 1.32 bits per heavy atom. The quantitative estimate of drug-likeness (QED) is 0.822. The largest absolute Gasteiger partial charge is 0.379 e. The van der Waals surface area contributed by atoms with Crippen LogP contribution in [-0.4, -0.2) is 54.7 Å². The maximum absolute atomic E-state index is 12.2. The van der Waals surface area contributed by atoms with Crippen molar-refractivity contribution in [2.24, 2.45) is 0 Å². The lowest BCUT2D eigenvalue weighted by Crippen LogP contribution is -2.40. The number of nitrogens with zero attached hydrogens (tertiary/aromatic N) is 2. The summed E-state index contributed by atoms with van der Waals surface area (Å²) in [5.41, 5.74) is 1.94. The van der Waals surface area contributed by atoms with E-state index in [4.69, 9.17) is 4.74 Å². The molecule has 1 aromatic heterocycles. The molecule has 1 aromatic carbocycles. The molecule has 1 N–H and O–H groups in total. The molecule has 2 aromatic rings. The monoisotopic (exact) mass is 339 g/mol. The SMILES string of the molecule is CC(CCN1CCOCC1)NC(=O)C=Cc1ccnc2ccccc12. The summed E-state index contributed by atoms with van der Waals surface area (Å²) in [6.07, 6.45) is 6.17. The third-order valence-corrected chi connectivity index (χ3v) is 4.47. The first-order valence-electron chi connectivity index (χ1n) is 8.85. The molecule has 1 unspecified atom stereocenters. The van der Waals surface area contributed by atoms with Gasteiger partial charge in [-0.25, -0.2) is 0 Å². The smallest absolute Gasteiger partial charge is 0.244 e. The highest BCUT2D eigenvalue weighted by Gasteiger charge is 2.12. The molecule has 0 spiro atoms. The fourth-order valence-electron chi connectivity index (χ4n) is 2.99. The molecular weight excluding hydrogens is 314 g/mol. The number of hydrogen-bond donors (Lipinski definition) is 1. The molecular formula is C20H25N3O2. The number of benzene rings is 1. The van der Waals surface area contributed by atoms with Gasteiger partial charge in [0.15, 0.2) is 0 Å². The summed E-state index contributed by atoms with van der Waals surface area (Å²) >= 11 is 0. The molecule has 0 saturated carbocycles. The second kappa shape index (κ2) is 8.74. The third kappa shape index (κ3) is 5.11. The Bertz CT molecular complexity index is 733. The van der Waals surface area contributed by atoms with Crippen LogP contribution in [0.3, 0.4) is 0 Å². The van der Waals surface area contributed by atoms with E-state index in [1.165, 1.54) is 0 Å². The van der Waals surface area contributed by atoms with Crippen LogP contribution in [0.25, 0.3) is 17.0 Å². The Kier molecular flexibility index (Phi) is 6.14. The van der Waals surface area contributed by atoms with Gasteiger partial charge in [0.25, 0.3) is 0 Å². The third-order valence-electron chi connectivity index (χ3n) is 4.47. The Balaban J connectivity index is 1.51. The van der Waals surface area contributed by atoms with Crippen LogP contribution in [0.2, 0.25) is 0 Å². The zero-order valence-corrected chi connectivity index (χ0v) is 14.6. The van der Waals surface area contributed by atoms with Gasteiger partial charge in [0.05, 0.1) is 18.7 Å². The molecule has 1 atom stereocenters. The van der Waals surface area contributed by atoms with Gasteiger partial charge in [-0.1, -0.05) is 18.2 Å². The highest BCUT2D eigenvalue weighted by Crippen LogP contribution is 2.17. The number of hydrogen-bond acceptors (Lipinski definition) is 4. The van der Waals surface area contributed by atoms with Crippen LogP contribution in [0.1, 0.15) is 18.9 Å². The predicted octanol–water partition coefficient (Wildman–Crippen LogP) is 2.47. The van der Waals surface area contributed by atoms with Crippen molar-refractivity contribution in [3.05, 3.63) is 48.2 Å². The Hall–Kier alpha value is -2.24. The van der Waals surface area contributed by atoms with Crippen LogP contribution >= 0.6 is 0 Å². The van der Waals surface area contributed by atoms with Crippen molar-refractivity contribution in [2.45, 2.75) is 19.4 Å². The number of rotatable bonds is 6. The van der Waals surface area contributed by atoms with Crippen molar-refractivity contribution >= 4 is 22.9 Å². The van der Waals surface area contributed by atoms with Crippen LogP contribution in [0, 0.1) is 0 Å². The molecule has 0 bridgehead atoms. The van der Waals surface area contributed by atoms with E-state index in [0.29, 0.717) is 0 Å². The molecule has 1 aliphatic rings. The average Bonchev–Trinajstić information content (AvgIpc) is 2.65. The molecule has 3 rings (SSSR count). The number of pyridine rings is 1. The summed E-state index contributed by atoms with van der Waals surface area (Å²) in [7, 11) is 0. The molecule has 25 heavy (non-hydrogen) atoms. The molecule has 0 aliphatic carbocycles. The fraction of sp³-hybridized carbons (Fsp3) is 0.400. The maximum atomic E-state index is 12.2. The zero-order valence-electron chi connectivity index (χ0n) is 14.6. The van der Waals surface area contributed by atoms with Gasteiger partial charge in [-0.05, 0) is 37.1 Å². The zero-order chi connectivity index (χ0) is 17.5. The summed E-state index contributed by atoms with van der Waals surface area (Å²) in [5, 5.41) is 4.09. The number of morpholine rings is 1. The summed E-state index contributed by atoms with van der Waals surface area (Å²) in [6.45, 7) is 6.62. The molecule has 1 aliphatic heterocycles. The number of ether oxygens (including phenoxy) is 1. The van der Waals surface area contributed by atoms with E-state index >= 15 is 0 Å². The standard InChI is InChI=1S/C20H25N3O2/c1-16(9-11-23-12-14-25-15-13-23)22-20(24)7-6-17-8-10-21-19-5-3-2-4-18(17)19/h2-8,10,16H,9,11-15H2,1H3,(H,22,24). The van der Waals surface area contributed by atoms with Gasteiger partial charge in [-0.15, -0.1) is 0 Å². The van der Waals surface area contributed by atoms with Crippen molar-refractivity contribution in [3.8, 4) is 0 Å². The van der Waals surface area contributed by atoms with Crippen molar-refractivity contribution in [2.75, 3.05) is 32.8 Å². The molecule has 5 nitrogen and oxygen atoms in total. The van der Waals surface area contributed by atoms with Crippen LogP contribution in [-0.2, 0) is 9.53 Å². The fourth-order valence-corrected chi connectivity index (χ4v) is 2.99. The highest BCUT2D eigenvalue weighted by atomic mass is 16.5. The minimum absolute atomic E-state index is 0.0598. The molecule has 0 radical (unpaired) electrons. The first kappa shape index (κ1) is 17.6. The van der Waals surface area contributed by atoms with Gasteiger partial charge < -0.3 is 10.1 Å². The van der Waals surface area contributed by atoms with E-state index in [2.05, 4.69) is 15.2 Å². The van der Waals surface area contributed by atoms with Gasteiger partial charge >= 0.3 is 0 Å². The Morgan fingerprint density at radius 3 is 2.96 bits per heavy atom. The van der Waals surface area contributed by atoms with Crippen LogP contribution in [0.4, 0.5) is 0 Å². The van der Waals surface area contributed by atoms with Gasteiger partial charge in [0, 0.05) is 43.3 Å². The lowest BCUT2D eigenvalue weighted by atomic mass is 10.1. The van der Waals surface area contributed by atoms with E-state index in [1.54, 1.807) is 12.3 Å². The highest BCUT2D eigenvalue weighted by molar-refractivity contribution is 5.95. The first-order chi connectivity index (χ1) is 12.2. The van der Waals surface area contributed by atoms with Gasteiger partial charge in [0.1, 0.15) is 0 Å². The van der Waals surface area contributed by atoms with Crippen molar-refractivity contribution in [1.82, 2.24) is 15.2 Å². The number of aromatic nitrogens is 1. The number of carbonyl (C=O) groups is 1. The normalized spacial score (nSPS) is 17.0. The Morgan fingerprint density at radius 2 is 2.12 bits per heavy atom. The maximum Gasteiger partial charge on any atom is 0.244 e. The minimum atomic E-state index is -0.0598. The number of amides is 1. The number of nitrogens with one attached hydrogen (secondary N) is 1. The average molecular weight is 339 g/mol. The van der Waals surface area contributed by atoms with Crippen LogP contribution < -0.4 is 5.32 Å². The molecule has 2 heterocycles. The number of fused-ring (bicyclic) bond motifs is 1. The van der Waals surface area contributed by atoms with E-state index in [1.807, 2.05) is 43.3 Å². The van der Waals surface area contributed by atoms with E-state index in [0.717, 1.165) is 55.7 Å². The summed E-state index contributed by atoms with van der Waals surface area (Å²) in [5.74, 6) is -0.0598. The van der Waals surface area contributed by atoms with Gasteiger partial charge in [-0.2, -0.15) is 0 Å². The van der Waals surface area contributed by atoms with Crippen molar-refractivity contribution in [3.63, 3.8) is 0 Å². The molecule has 1 fully saturated rings. The second-order valence-corrected chi connectivity index (χ2v) is 6.40. The van der Waals surface area contributed by atoms with Gasteiger partial charge in [-0.3, -0.25) is 14.7 Å². The first-order valence-corrected chi connectivity index (χ1v) is 8.85.